The van der Waals surface area contributed by atoms with Crippen LogP contribution in [0.3, 0.4) is 0 Å². The predicted molar refractivity (Wildman–Crippen MR) is 75.1 cm³/mol. The minimum Gasteiger partial charge on any atom is -0.299 e. The molecule has 0 unspecified atom stereocenters. The van der Waals surface area contributed by atoms with Crippen LogP contribution < -0.4 is 0 Å². The van der Waals surface area contributed by atoms with E-state index < -0.39 is 0 Å². The van der Waals surface area contributed by atoms with Crippen molar-refractivity contribution in [3.8, 4) is 11.3 Å². The molecule has 0 amide bonds. The van der Waals surface area contributed by atoms with E-state index in [9.17, 15) is 0 Å². The molecule has 0 N–H and O–H groups in total. The number of fused-ring (bicyclic) bond motifs is 1. The molecule has 90 valence electrons. The Kier molecular flexibility index (Phi) is 2.60. The molecule has 0 fully saturated rings. The topological polar surface area (TPSA) is 17.3 Å². The quantitative estimate of drug-likeness (QED) is 0.636. The monoisotopic (exact) mass is 256 g/mol. The van der Waals surface area contributed by atoms with Gasteiger partial charge in [-0.25, -0.2) is 4.98 Å². The minimum absolute atomic E-state index is 0.751. The minimum atomic E-state index is 0.751. The van der Waals surface area contributed by atoms with Crippen molar-refractivity contribution in [2.24, 2.45) is 0 Å². The van der Waals surface area contributed by atoms with Crippen molar-refractivity contribution in [3.63, 3.8) is 0 Å². The van der Waals surface area contributed by atoms with Gasteiger partial charge < -0.3 is 0 Å². The van der Waals surface area contributed by atoms with E-state index in [1.165, 1.54) is 5.56 Å². The van der Waals surface area contributed by atoms with E-state index >= 15 is 0 Å². The van der Waals surface area contributed by atoms with Crippen LogP contribution >= 0.6 is 11.6 Å². The number of aryl methyl sites for hydroxylation is 2. The van der Waals surface area contributed by atoms with Gasteiger partial charge in [-0.05, 0) is 37.6 Å². The van der Waals surface area contributed by atoms with E-state index in [2.05, 4.69) is 22.4 Å². The number of rotatable bonds is 1. The summed E-state index contributed by atoms with van der Waals surface area (Å²) in [5, 5.41) is 0.751. The Labute approximate surface area is 111 Å². The molecule has 0 spiro atoms. The van der Waals surface area contributed by atoms with Crippen LogP contribution in [0.2, 0.25) is 5.02 Å². The second-order valence-electron chi connectivity index (χ2n) is 4.44. The van der Waals surface area contributed by atoms with Gasteiger partial charge >= 0.3 is 0 Å². The van der Waals surface area contributed by atoms with E-state index in [0.717, 1.165) is 27.6 Å². The van der Waals surface area contributed by atoms with Gasteiger partial charge in [0.2, 0.25) is 0 Å². The van der Waals surface area contributed by atoms with E-state index in [1.807, 2.05) is 43.5 Å². The zero-order chi connectivity index (χ0) is 12.7. The van der Waals surface area contributed by atoms with Crippen LogP contribution in [0.5, 0.6) is 0 Å². The predicted octanol–water partition coefficient (Wildman–Crippen LogP) is 4.27. The maximum Gasteiger partial charge on any atom is 0.140 e. The standard InChI is InChI=1S/C15H13ClN2/c1-10-4-3-9-18-14(11(2)17-15(10)18)12-5-7-13(16)8-6-12/h3-9H,1-2H3. The van der Waals surface area contributed by atoms with Gasteiger partial charge in [-0.3, -0.25) is 4.40 Å². The molecule has 2 aromatic heterocycles. The van der Waals surface area contributed by atoms with Gasteiger partial charge in [0.1, 0.15) is 5.65 Å². The summed E-state index contributed by atoms with van der Waals surface area (Å²) < 4.78 is 2.13. The Morgan fingerprint density at radius 1 is 1.06 bits per heavy atom. The van der Waals surface area contributed by atoms with Crippen molar-refractivity contribution in [1.29, 1.82) is 0 Å². The number of pyridine rings is 1. The van der Waals surface area contributed by atoms with Crippen LogP contribution in [0.15, 0.2) is 42.6 Å². The van der Waals surface area contributed by atoms with E-state index in [-0.39, 0.29) is 0 Å². The number of benzene rings is 1. The van der Waals surface area contributed by atoms with Crippen LogP contribution in [-0.4, -0.2) is 9.38 Å². The average Bonchev–Trinajstić information content (AvgIpc) is 2.69. The summed E-state index contributed by atoms with van der Waals surface area (Å²) in [6.07, 6.45) is 2.05. The van der Waals surface area contributed by atoms with Crippen molar-refractivity contribution in [1.82, 2.24) is 9.38 Å². The van der Waals surface area contributed by atoms with Gasteiger partial charge in [0.15, 0.2) is 0 Å². The molecule has 3 heteroatoms. The summed E-state index contributed by atoms with van der Waals surface area (Å²) in [7, 11) is 0. The fourth-order valence-electron chi connectivity index (χ4n) is 2.27. The molecule has 0 radical (unpaired) electrons. The molecule has 1 aromatic carbocycles. The number of halogens is 1. The van der Waals surface area contributed by atoms with Crippen molar-refractivity contribution < 1.29 is 0 Å². The lowest BCUT2D eigenvalue weighted by atomic mass is 10.1. The van der Waals surface area contributed by atoms with Gasteiger partial charge in [0.05, 0.1) is 11.4 Å². The number of aromatic nitrogens is 2. The first-order valence-corrected chi connectivity index (χ1v) is 6.25. The third kappa shape index (κ3) is 1.70. The molecule has 0 aliphatic rings. The molecule has 2 heterocycles. The maximum absolute atomic E-state index is 5.93. The molecule has 0 aliphatic heterocycles. The summed E-state index contributed by atoms with van der Waals surface area (Å²) >= 11 is 5.93. The molecule has 0 saturated carbocycles. The highest BCUT2D eigenvalue weighted by atomic mass is 35.5. The lowest BCUT2D eigenvalue weighted by Gasteiger charge is -2.04. The van der Waals surface area contributed by atoms with Crippen molar-refractivity contribution >= 4 is 17.2 Å². The Balaban J connectivity index is 2.32. The Hall–Kier alpha value is -1.80. The molecule has 2 nitrogen and oxygen atoms in total. The SMILES string of the molecule is Cc1nc2c(C)cccn2c1-c1ccc(Cl)cc1. The third-order valence-electron chi connectivity index (χ3n) is 3.14. The number of hydrogen-bond donors (Lipinski definition) is 0. The van der Waals surface area contributed by atoms with Gasteiger partial charge in [-0.15, -0.1) is 0 Å². The largest absolute Gasteiger partial charge is 0.299 e. The fourth-order valence-corrected chi connectivity index (χ4v) is 2.40. The number of nitrogens with zero attached hydrogens (tertiary/aromatic N) is 2. The first kappa shape index (κ1) is 11.3. The maximum atomic E-state index is 5.93. The Morgan fingerprint density at radius 3 is 2.50 bits per heavy atom. The lowest BCUT2D eigenvalue weighted by Crippen LogP contribution is -1.90. The molecule has 3 rings (SSSR count). The van der Waals surface area contributed by atoms with Gasteiger partial charge in [-0.1, -0.05) is 29.8 Å². The first-order valence-electron chi connectivity index (χ1n) is 5.87. The molecule has 0 aliphatic carbocycles. The highest BCUT2D eigenvalue weighted by Crippen LogP contribution is 2.26. The summed E-state index contributed by atoms with van der Waals surface area (Å²) in [6.45, 7) is 4.11. The Morgan fingerprint density at radius 2 is 1.78 bits per heavy atom. The molecule has 0 saturated heterocycles. The second-order valence-corrected chi connectivity index (χ2v) is 4.87. The number of hydrogen-bond acceptors (Lipinski definition) is 1. The lowest BCUT2D eigenvalue weighted by molar-refractivity contribution is 1.17. The normalized spacial score (nSPS) is 11.1. The molecule has 18 heavy (non-hydrogen) atoms. The van der Waals surface area contributed by atoms with Crippen molar-refractivity contribution in [3.05, 3.63) is 58.9 Å². The smallest absolute Gasteiger partial charge is 0.140 e. The Bertz CT molecular complexity index is 711. The fraction of sp³-hybridized carbons (Fsp3) is 0.133. The van der Waals surface area contributed by atoms with Crippen molar-refractivity contribution in [2.75, 3.05) is 0 Å². The second kappa shape index (κ2) is 4.14. The van der Waals surface area contributed by atoms with Gasteiger partial charge in [0.25, 0.3) is 0 Å². The summed E-state index contributed by atoms with van der Waals surface area (Å²) in [4.78, 5) is 4.64. The molecule has 0 atom stereocenters. The van der Waals surface area contributed by atoms with E-state index in [4.69, 9.17) is 11.6 Å². The van der Waals surface area contributed by atoms with Crippen LogP contribution in [0.1, 0.15) is 11.3 Å². The number of imidazole rings is 1. The molecule has 3 aromatic rings. The van der Waals surface area contributed by atoms with Crippen LogP contribution in [-0.2, 0) is 0 Å². The molecule has 0 bridgehead atoms. The zero-order valence-electron chi connectivity index (χ0n) is 10.3. The highest BCUT2D eigenvalue weighted by molar-refractivity contribution is 6.30. The van der Waals surface area contributed by atoms with Gasteiger partial charge in [-0.2, -0.15) is 0 Å². The van der Waals surface area contributed by atoms with Gasteiger partial charge in [0, 0.05) is 16.8 Å². The van der Waals surface area contributed by atoms with E-state index in [0.29, 0.717) is 0 Å². The van der Waals surface area contributed by atoms with Crippen molar-refractivity contribution in [2.45, 2.75) is 13.8 Å². The average molecular weight is 257 g/mol. The summed E-state index contributed by atoms with van der Waals surface area (Å²) in [5.41, 5.74) is 5.49. The van der Waals surface area contributed by atoms with Crippen LogP contribution in [0, 0.1) is 13.8 Å². The van der Waals surface area contributed by atoms with E-state index in [1.54, 1.807) is 0 Å². The molecular weight excluding hydrogens is 244 g/mol. The summed E-state index contributed by atoms with van der Waals surface area (Å²) in [5.74, 6) is 0. The highest BCUT2D eigenvalue weighted by Gasteiger charge is 2.11. The molecular formula is C15H13ClN2. The van der Waals surface area contributed by atoms with Crippen LogP contribution in [0.25, 0.3) is 16.9 Å². The summed E-state index contributed by atoms with van der Waals surface area (Å²) in [6, 6.07) is 12.0. The zero-order valence-corrected chi connectivity index (χ0v) is 11.1. The first-order chi connectivity index (χ1) is 8.66. The van der Waals surface area contributed by atoms with Crippen LogP contribution in [0.4, 0.5) is 0 Å². The third-order valence-corrected chi connectivity index (χ3v) is 3.39.